The molecule has 1 aliphatic carbocycles. The molecule has 1 fully saturated rings. The fourth-order valence-electron chi connectivity index (χ4n) is 2.44. The Hall–Kier alpha value is -0.430. The van der Waals surface area contributed by atoms with Gasteiger partial charge >= 0.3 is 5.97 Å². The van der Waals surface area contributed by atoms with E-state index in [0.717, 1.165) is 11.0 Å². The minimum atomic E-state index is -0.750. The third kappa shape index (κ3) is 4.27. The number of aliphatic carboxylic acids is 1. The average Bonchev–Trinajstić information content (AvgIpc) is 2.75. The maximum atomic E-state index is 10.9. The van der Waals surface area contributed by atoms with Gasteiger partial charge in [0, 0.05) is 27.8 Å². The highest BCUT2D eigenvalue weighted by atomic mass is 79.9. The van der Waals surface area contributed by atoms with Gasteiger partial charge in [0.2, 0.25) is 0 Å². The average molecular weight is 348 g/mol. The van der Waals surface area contributed by atoms with Crippen molar-refractivity contribution in [1.29, 1.82) is 0 Å². The molecule has 0 aliphatic heterocycles. The monoisotopic (exact) mass is 347 g/mol. The summed E-state index contributed by atoms with van der Waals surface area (Å²) in [7, 11) is 0. The van der Waals surface area contributed by atoms with Crippen LogP contribution >= 0.6 is 27.3 Å². The van der Waals surface area contributed by atoms with Crippen LogP contribution in [0.1, 0.15) is 30.6 Å². The van der Waals surface area contributed by atoms with Crippen molar-refractivity contribution in [1.82, 2.24) is 5.32 Å². The molecular weight excluding hydrogens is 330 g/mol. The summed E-state index contributed by atoms with van der Waals surface area (Å²) in [4.78, 5) is 12.1. The summed E-state index contributed by atoms with van der Waals surface area (Å²) in [6, 6.07) is 2.06. The molecule has 4 nitrogen and oxygen atoms in total. The van der Waals surface area contributed by atoms with Crippen molar-refractivity contribution in [2.75, 3.05) is 6.54 Å². The van der Waals surface area contributed by atoms with Crippen LogP contribution in [0.25, 0.3) is 0 Å². The number of rotatable bonds is 5. The van der Waals surface area contributed by atoms with Crippen LogP contribution in [0.4, 0.5) is 0 Å². The van der Waals surface area contributed by atoms with Gasteiger partial charge in [-0.2, -0.15) is 0 Å². The molecule has 1 saturated carbocycles. The minimum absolute atomic E-state index is 0.284. The lowest BCUT2D eigenvalue weighted by Crippen LogP contribution is -2.44. The van der Waals surface area contributed by atoms with Crippen molar-refractivity contribution in [3.63, 3.8) is 0 Å². The van der Waals surface area contributed by atoms with E-state index < -0.39 is 11.6 Å². The van der Waals surface area contributed by atoms with Crippen LogP contribution < -0.4 is 5.32 Å². The maximum Gasteiger partial charge on any atom is 0.306 e. The van der Waals surface area contributed by atoms with Crippen molar-refractivity contribution in [2.45, 2.75) is 37.8 Å². The molecule has 0 radical (unpaired) electrons. The van der Waals surface area contributed by atoms with Crippen LogP contribution in [-0.4, -0.2) is 28.3 Å². The van der Waals surface area contributed by atoms with Crippen LogP contribution in [0, 0.1) is 5.92 Å². The van der Waals surface area contributed by atoms with Gasteiger partial charge in [0.1, 0.15) is 0 Å². The van der Waals surface area contributed by atoms with Crippen LogP contribution in [0.15, 0.2) is 15.9 Å². The molecule has 2 rings (SSSR count). The van der Waals surface area contributed by atoms with Gasteiger partial charge in [-0.15, -0.1) is 11.3 Å². The topological polar surface area (TPSA) is 69.6 Å². The summed E-state index contributed by atoms with van der Waals surface area (Å²) >= 11 is 5.08. The van der Waals surface area contributed by atoms with E-state index in [0.29, 0.717) is 32.2 Å². The Morgan fingerprint density at radius 2 is 2.21 bits per heavy atom. The summed E-state index contributed by atoms with van der Waals surface area (Å²) in [6.45, 7) is 1.26. The van der Waals surface area contributed by atoms with Gasteiger partial charge in [-0.25, -0.2) is 0 Å². The first-order valence-electron chi connectivity index (χ1n) is 6.37. The SMILES string of the molecule is O=C(O)C1CCC(O)(CNCc2cc(Br)cs2)CC1. The Labute approximate surface area is 125 Å². The molecular formula is C13H18BrNO3S. The summed E-state index contributed by atoms with van der Waals surface area (Å²) in [5, 5.41) is 24.6. The van der Waals surface area contributed by atoms with Gasteiger partial charge in [-0.05, 0) is 47.7 Å². The first kappa shape index (κ1) is 15.0. The van der Waals surface area contributed by atoms with Gasteiger partial charge in [0.25, 0.3) is 0 Å². The number of hydrogen-bond donors (Lipinski definition) is 3. The van der Waals surface area contributed by atoms with Gasteiger partial charge < -0.3 is 15.5 Å². The van der Waals surface area contributed by atoms with E-state index in [1.165, 1.54) is 4.88 Å². The van der Waals surface area contributed by atoms with Crippen molar-refractivity contribution < 1.29 is 15.0 Å². The largest absolute Gasteiger partial charge is 0.481 e. The zero-order chi connectivity index (χ0) is 13.9. The Morgan fingerprint density at radius 3 is 2.74 bits per heavy atom. The standard InChI is InChI=1S/C13H18BrNO3S/c14-10-5-11(19-7-10)6-15-8-13(18)3-1-9(2-4-13)12(16)17/h5,7,9,15,18H,1-4,6,8H2,(H,16,17). The molecule has 0 saturated heterocycles. The number of carboxylic acid groups (broad SMARTS) is 1. The van der Waals surface area contributed by atoms with Crippen molar-refractivity contribution in [2.24, 2.45) is 5.92 Å². The lowest BCUT2D eigenvalue weighted by atomic mass is 9.79. The number of aliphatic hydroxyl groups is 1. The van der Waals surface area contributed by atoms with Gasteiger partial charge in [0.15, 0.2) is 0 Å². The van der Waals surface area contributed by atoms with Crippen molar-refractivity contribution in [3.8, 4) is 0 Å². The smallest absolute Gasteiger partial charge is 0.306 e. The molecule has 0 atom stereocenters. The maximum absolute atomic E-state index is 10.9. The summed E-state index contributed by atoms with van der Waals surface area (Å²) in [5.41, 5.74) is -0.750. The van der Waals surface area contributed by atoms with Crippen molar-refractivity contribution >= 4 is 33.2 Å². The number of halogens is 1. The Bertz CT molecular complexity index is 441. The molecule has 0 aromatic carbocycles. The quantitative estimate of drug-likeness (QED) is 0.765. The Kier molecular flexibility index (Phi) is 5.00. The second-order valence-electron chi connectivity index (χ2n) is 5.17. The first-order chi connectivity index (χ1) is 8.98. The molecule has 0 amide bonds. The fourth-order valence-corrected chi connectivity index (χ4v) is 3.86. The number of hydrogen-bond acceptors (Lipinski definition) is 4. The van der Waals surface area contributed by atoms with Gasteiger partial charge in [-0.3, -0.25) is 4.79 Å². The number of nitrogens with one attached hydrogen (secondary N) is 1. The molecule has 0 spiro atoms. The normalized spacial score (nSPS) is 27.4. The van der Waals surface area contributed by atoms with Crippen molar-refractivity contribution in [3.05, 3.63) is 20.8 Å². The van der Waals surface area contributed by atoms with E-state index in [1.807, 2.05) is 5.38 Å². The first-order valence-corrected chi connectivity index (χ1v) is 8.05. The fraction of sp³-hybridized carbons (Fsp3) is 0.615. The third-order valence-corrected chi connectivity index (χ3v) is 5.34. The van der Waals surface area contributed by atoms with Gasteiger partial charge in [0.05, 0.1) is 11.5 Å². The van der Waals surface area contributed by atoms with Crippen LogP contribution in [0.5, 0.6) is 0 Å². The lowest BCUT2D eigenvalue weighted by molar-refractivity contribution is -0.144. The van der Waals surface area contributed by atoms with Gasteiger partial charge in [-0.1, -0.05) is 0 Å². The molecule has 0 bridgehead atoms. The van der Waals surface area contributed by atoms with E-state index in [2.05, 4.69) is 27.3 Å². The van der Waals surface area contributed by atoms with Crippen LogP contribution in [0.2, 0.25) is 0 Å². The second kappa shape index (κ2) is 6.35. The van der Waals surface area contributed by atoms with E-state index >= 15 is 0 Å². The molecule has 1 heterocycles. The zero-order valence-electron chi connectivity index (χ0n) is 10.6. The summed E-state index contributed by atoms with van der Waals surface area (Å²) in [5.74, 6) is -1.02. The molecule has 1 aliphatic rings. The number of carboxylic acids is 1. The molecule has 106 valence electrons. The van der Waals surface area contributed by atoms with E-state index in [9.17, 15) is 9.90 Å². The van der Waals surface area contributed by atoms with Crippen LogP contribution in [0.3, 0.4) is 0 Å². The Balaban J connectivity index is 1.75. The van der Waals surface area contributed by atoms with Crippen LogP contribution in [-0.2, 0) is 11.3 Å². The summed E-state index contributed by atoms with van der Waals surface area (Å²) < 4.78 is 1.08. The zero-order valence-corrected chi connectivity index (χ0v) is 13.0. The predicted molar refractivity (Wildman–Crippen MR) is 78.3 cm³/mol. The third-order valence-electron chi connectivity index (χ3n) is 3.64. The van der Waals surface area contributed by atoms with E-state index in [-0.39, 0.29) is 5.92 Å². The van der Waals surface area contributed by atoms with E-state index in [4.69, 9.17) is 5.11 Å². The number of carbonyl (C=O) groups is 1. The number of thiophene rings is 1. The predicted octanol–water partition coefficient (Wildman–Crippen LogP) is 2.61. The highest BCUT2D eigenvalue weighted by Crippen LogP contribution is 2.32. The minimum Gasteiger partial charge on any atom is -0.481 e. The molecule has 1 aromatic rings. The van der Waals surface area contributed by atoms with E-state index in [1.54, 1.807) is 11.3 Å². The Morgan fingerprint density at radius 1 is 1.53 bits per heavy atom. The lowest BCUT2D eigenvalue weighted by Gasteiger charge is -2.34. The highest BCUT2D eigenvalue weighted by Gasteiger charge is 2.35. The molecule has 1 aromatic heterocycles. The molecule has 0 unspecified atom stereocenters. The summed E-state index contributed by atoms with van der Waals surface area (Å²) in [6.07, 6.45) is 2.26. The molecule has 6 heteroatoms. The molecule has 19 heavy (non-hydrogen) atoms. The second-order valence-corrected chi connectivity index (χ2v) is 7.08. The highest BCUT2D eigenvalue weighted by molar-refractivity contribution is 9.10. The molecule has 3 N–H and O–H groups in total.